The van der Waals surface area contributed by atoms with Crippen LogP contribution >= 0.6 is 11.3 Å². The molecule has 1 aliphatic heterocycles. The average molecular weight is 623 g/mol. The molecule has 4 aliphatic rings. The average Bonchev–Trinajstić information content (AvgIpc) is 3.63. The van der Waals surface area contributed by atoms with E-state index in [0.717, 1.165) is 35.1 Å². The van der Waals surface area contributed by atoms with Gasteiger partial charge >= 0.3 is 0 Å². The number of hydrogen-bond donors (Lipinski definition) is 5. The molecule has 0 saturated carbocycles. The number of likely N-dealkylation sites (N-methyl/N-ethyl adjacent to an activating group) is 1. The highest BCUT2D eigenvalue weighted by atomic mass is 32.1. The number of fused-ring (bicyclic) bond motifs is 3. The molecule has 6 N–H and O–H groups in total. The molecule has 1 saturated heterocycles. The van der Waals surface area contributed by atoms with Crippen LogP contribution in [-0.2, 0) is 22.6 Å². The fraction of sp³-hybridized carbons (Fsp3) is 0.469. The van der Waals surface area contributed by atoms with Crippen molar-refractivity contribution in [3.8, 4) is 16.2 Å². The Balaban J connectivity index is 1.49. The highest BCUT2D eigenvalue weighted by molar-refractivity contribution is 7.15. The van der Waals surface area contributed by atoms with Crippen LogP contribution in [0.2, 0.25) is 0 Å². The number of aliphatic hydroxyl groups excluding tert-OH is 2. The second-order valence-electron chi connectivity index (χ2n) is 12.8. The van der Waals surface area contributed by atoms with E-state index in [2.05, 4.69) is 4.90 Å². The van der Waals surface area contributed by atoms with Gasteiger partial charge in [-0.1, -0.05) is 0 Å². The normalized spacial score (nSPS) is 27.1. The number of likely N-dealkylation sites (tertiary alicyclic amines) is 1. The topological polar surface area (TPSA) is 168 Å². The van der Waals surface area contributed by atoms with E-state index >= 15 is 0 Å². The monoisotopic (exact) mass is 622 g/mol. The summed E-state index contributed by atoms with van der Waals surface area (Å²) in [7, 11) is 6.93. The van der Waals surface area contributed by atoms with Crippen molar-refractivity contribution in [1.29, 1.82) is 0 Å². The highest BCUT2D eigenvalue weighted by Crippen LogP contribution is 2.54. The first-order valence-electron chi connectivity index (χ1n) is 14.8. The van der Waals surface area contributed by atoms with Gasteiger partial charge in [0.2, 0.25) is 5.78 Å². The van der Waals surface area contributed by atoms with Gasteiger partial charge in [-0.15, -0.1) is 11.3 Å². The number of allylic oxidation sites excluding steroid dienone is 1. The molecular formula is C32H38N4O7S. The third-order valence-corrected chi connectivity index (χ3v) is 10.8. The Hall–Kier alpha value is -3.71. The Bertz CT molecular complexity index is 1650. The first-order valence-corrected chi connectivity index (χ1v) is 15.6. The number of hydrogen-bond acceptors (Lipinski definition) is 11. The number of phenolic OH excluding ortho intramolecular Hbond substituents is 1. The fourth-order valence-electron chi connectivity index (χ4n) is 7.65. The Labute approximate surface area is 259 Å². The molecular weight excluding hydrogens is 584 g/mol. The quantitative estimate of drug-likeness (QED) is 0.302. The Morgan fingerprint density at radius 2 is 1.80 bits per heavy atom. The number of primary amides is 1. The number of ketones is 2. The number of amides is 1. The molecule has 44 heavy (non-hydrogen) atoms. The molecule has 1 aromatic carbocycles. The third-order valence-electron chi connectivity index (χ3n) is 9.69. The molecule has 2 heterocycles. The van der Waals surface area contributed by atoms with Crippen molar-refractivity contribution in [3.63, 3.8) is 0 Å². The molecule has 6 rings (SSSR count). The summed E-state index contributed by atoms with van der Waals surface area (Å²) in [5.41, 5.74) is 3.61. The molecule has 0 spiro atoms. The van der Waals surface area contributed by atoms with Crippen molar-refractivity contribution in [3.05, 3.63) is 56.9 Å². The summed E-state index contributed by atoms with van der Waals surface area (Å²) < 4.78 is 0. The van der Waals surface area contributed by atoms with Gasteiger partial charge in [0.15, 0.2) is 11.4 Å². The van der Waals surface area contributed by atoms with E-state index in [4.69, 9.17) is 5.73 Å². The number of anilines is 1. The zero-order chi connectivity index (χ0) is 31.8. The molecule has 0 radical (unpaired) electrons. The summed E-state index contributed by atoms with van der Waals surface area (Å²) in [5, 5.41) is 46.1. The number of benzene rings is 1. The summed E-state index contributed by atoms with van der Waals surface area (Å²) in [6.07, 6.45) is 2.65. The minimum absolute atomic E-state index is 0.0153. The van der Waals surface area contributed by atoms with E-state index in [0.29, 0.717) is 11.1 Å². The minimum Gasteiger partial charge on any atom is -0.510 e. The summed E-state index contributed by atoms with van der Waals surface area (Å²) >= 11 is 1.55. The highest BCUT2D eigenvalue weighted by Gasteiger charge is 2.63. The minimum atomic E-state index is -2.67. The summed E-state index contributed by atoms with van der Waals surface area (Å²) in [5.74, 6) is -6.55. The van der Waals surface area contributed by atoms with Crippen LogP contribution in [0.25, 0.3) is 10.4 Å². The number of thiophene rings is 1. The first-order chi connectivity index (χ1) is 20.8. The summed E-state index contributed by atoms with van der Waals surface area (Å²) in [6, 6.07) is 4.81. The molecule has 4 atom stereocenters. The molecule has 1 amide bonds. The Morgan fingerprint density at radius 1 is 1.11 bits per heavy atom. The third kappa shape index (κ3) is 4.38. The molecule has 11 nitrogen and oxygen atoms in total. The van der Waals surface area contributed by atoms with Gasteiger partial charge in [0, 0.05) is 53.1 Å². The van der Waals surface area contributed by atoms with Crippen molar-refractivity contribution in [1.82, 2.24) is 9.80 Å². The lowest BCUT2D eigenvalue weighted by Gasteiger charge is -2.50. The zero-order valence-corrected chi connectivity index (χ0v) is 26.1. The number of nitrogens with two attached hydrogens (primary N) is 1. The van der Waals surface area contributed by atoms with Crippen LogP contribution in [0, 0.1) is 11.8 Å². The maximum absolute atomic E-state index is 14.3. The molecule has 1 fully saturated rings. The lowest BCUT2D eigenvalue weighted by molar-refractivity contribution is -0.148. The standard InChI is InChI=1S/C32H38N4O7S/c1-34(2)20-13-18(21-8-7-16(44-21)14-36-9-5-6-10-36)26(37)23-17(20)11-15-12-19-25(35(3)4)28(39)24(31(33)42)30(41)32(19,43)29(40)22(15)27(23)38/h7-8,13,15,19,25,37,39-40,43H,5-6,9-12,14H2,1-4H3,(H2,33,42). The van der Waals surface area contributed by atoms with Gasteiger partial charge in [0.1, 0.15) is 22.8 Å². The largest absolute Gasteiger partial charge is 0.510 e. The number of Topliss-reactive ketones (excluding diaryl/α,β-unsaturated/α-hetero) is 2. The van der Waals surface area contributed by atoms with Crippen LogP contribution < -0.4 is 10.6 Å². The van der Waals surface area contributed by atoms with Gasteiger partial charge in [-0.2, -0.15) is 0 Å². The number of carbonyl (C=O) groups excluding carboxylic acids is 3. The smallest absolute Gasteiger partial charge is 0.255 e. The van der Waals surface area contributed by atoms with Crippen LogP contribution in [0.3, 0.4) is 0 Å². The molecule has 3 aliphatic carbocycles. The van der Waals surface area contributed by atoms with Crippen molar-refractivity contribution in [2.45, 2.75) is 43.9 Å². The molecule has 4 unspecified atom stereocenters. The van der Waals surface area contributed by atoms with Crippen molar-refractivity contribution < 1.29 is 34.8 Å². The second-order valence-corrected chi connectivity index (χ2v) is 13.9. The fourth-order valence-corrected chi connectivity index (χ4v) is 8.72. The Morgan fingerprint density at radius 3 is 2.41 bits per heavy atom. The van der Waals surface area contributed by atoms with Gasteiger partial charge in [-0.3, -0.25) is 24.2 Å². The van der Waals surface area contributed by atoms with E-state index < -0.39 is 58.0 Å². The molecule has 2 aromatic rings. The van der Waals surface area contributed by atoms with Gasteiger partial charge in [0.05, 0.1) is 11.6 Å². The number of phenols is 1. The van der Waals surface area contributed by atoms with Crippen LogP contribution in [0.5, 0.6) is 5.75 Å². The SMILES string of the molecule is CN(C)c1cc(-c2ccc(CN3CCCC3)s2)c(O)c2c1CC1CC3C(N(C)C)C(O)=C(C(N)=O)C(=O)C3(O)C(O)=C1C2=O. The Kier molecular flexibility index (Phi) is 7.39. The van der Waals surface area contributed by atoms with Crippen LogP contribution in [-0.4, -0.2) is 101 Å². The number of aliphatic hydroxyl groups is 3. The van der Waals surface area contributed by atoms with E-state index in [-0.39, 0.29) is 29.7 Å². The van der Waals surface area contributed by atoms with Crippen molar-refractivity contribution in [2.75, 3.05) is 46.2 Å². The summed E-state index contributed by atoms with van der Waals surface area (Å²) in [6.45, 7) is 2.92. The van der Waals surface area contributed by atoms with Crippen LogP contribution in [0.4, 0.5) is 5.69 Å². The number of carbonyl (C=O) groups is 3. The molecule has 12 heteroatoms. The maximum Gasteiger partial charge on any atom is 0.255 e. The van der Waals surface area contributed by atoms with E-state index in [9.17, 15) is 34.8 Å². The number of aromatic hydroxyl groups is 1. The van der Waals surface area contributed by atoms with Crippen LogP contribution in [0.15, 0.2) is 40.9 Å². The van der Waals surface area contributed by atoms with E-state index in [1.165, 1.54) is 12.8 Å². The summed E-state index contributed by atoms with van der Waals surface area (Å²) in [4.78, 5) is 47.9. The lowest BCUT2D eigenvalue weighted by Crippen LogP contribution is -2.63. The predicted molar refractivity (Wildman–Crippen MR) is 166 cm³/mol. The second kappa shape index (κ2) is 10.7. The van der Waals surface area contributed by atoms with E-state index in [1.54, 1.807) is 30.3 Å². The molecule has 0 bridgehead atoms. The van der Waals surface area contributed by atoms with Gasteiger partial charge in [-0.25, -0.2) is 0 Å². The van der Waals surface area contributed by atoms with Crippen molar-refractivity contribution in [2.24, 2.45) is 17.6 Å². The zero-order valence-electron chi connectivity index (χ0n) is 25.3. The van der Waals surface area contributed by atoms with Gasteiger partial charge in [-0.05, 0) is 82.5 Å². The lowest BCUT2D eigenvalue weighted by atomic mass is 9.58. The number of nitrogens with zero attached hydrogens (tertiary/aromatic N) is 3. The first kappa shape index (κ1) is 30.3. The van der Waals surface area contributed by atoms with Crippen molar-refractivity contribution >= 4 is 34.5 Å². The van der Waals surface area contributed by atoms with Gasteiger partial charge < -0.3 is 31.1 Å². The van der Waals surface area contributed by atoms with Gasteiger partial charge in [0.25, 0.3) is 5.91 Å². The number of rotatable bonds is 6. The molecule has 1 aromatic heterocycles. The predicted octanol–water partition coefficient (Wildman–Crippen LogP) is 2.51. The van der Waals surface area contributed by atoms with Crippen LogP contribution in [0.1, 0.15) is 40.1 Å². The maximum atomic E-state index is 14.3. The van der Waals surface area contributed by atoms with E-state index in [1.807, 2.05) is 37.2 Å². The molecule has 234 valence electrons.